The first-order valence-corrected chi connectivity index (χ1v) is 5.36. The first kappa shape index (κ1) is 12.6. The smallest absolute Gasteiger partial charge is 0.304 e. The SMILES string of the molecule is COCC(C)S(=O)C(C)CC(=O)O. The van der Waals surface area contributed by atoms with E-state index in [4.69, 9.17) is 9.84 Å². The van der Waals surface area contributed by atoms with Crippen LogP contribution in [0, 0.1) is 0 Å². The van der Waals surface area contributed by atoms with Gasteiger partial charge in [0.05, 0.1) is 18.3 Å². The highest BCUT2D eigenvalue weighted by Crippen LogP contribution is 2.07. The predicted octanol–water partition coefficient (Wildman–Crippen LogP) is 0.633. The van der Waals surface area contributed by atoms with Crippen LogP contribution in [0.2, 0.25) is 0 Å². The molecule has 0 radical (unpaired) electrons. The molecule has 0 spiro atoms. The van der Waals surface area contributed by atoms with Crippen LogP contribution < -0.4 is 0 Å². The molecule has 0 heterocycles. The van der Waals surface area contributed by atoms with Gasteiger partial charge in [-0.15, -0.1) is 0 Å². The van der Waals surface area contributed by atoms with Crippen LogP contribution in [-0.2, 0) is 20.3 Å². The summed E-state index contributed by atoms with van der Waals surface area (Å²) in [7, 11) is 0.401. The van der Waals surface area contributed by atoms with Crippen LogP contribution in [0.4, 0.5) is 0 Å². The Bertz CT molecular complexity index is 193. The second-order valence-corrected chi connectivity index (χ2v) is 5.27. The maximum Gasteiger partial charge on any atom is 0.304 e. The maximum absolute atomic E-state index is 11.5. The van der Waals surface area contributed by atoms with E-state index in [-0.39, 0.29) is 16.9 Å². The van der Waals surface area contributed by atoms with Gasteiger partial charge in [0.25, 0.3) is 0 Å². The van der Waals surface area contributed by atoms with E-state index in [0.29, 0.717) is 6.61 Å². The average molecular weight is 208 g/mol. The number of ether oxygens (including phenoxy) is 1. The van der Waals surface area contributed by atoms with Gasteiger partial charge < -0.3 is 9.84 Å². The van der Waals surface area contributed by atoms with Gasteiger partial charge in [0.15, 0.2) is 0 Å². The molecule has 0 amide bonds. The minimum atomic E-state index is -1.14. The summed E-state index contributed by atoms with van der Waals surface area (Å²) in [5.74, 6) is -0.912. The van der Waals surface area contributed by atoms with Crippen molar-refractivity contribution in [2.24, 2.45) is 0 Å². The largest absolute Gasteiger partial charge is 0.481 e. The van der Waals surface area contributed by atoms with Crippen LogP contribution >= 0.6 is 0 Å². The average Bonchev–Trinajstić information content (AvgIpc) is 2.02. The van der Waals surface area contributed by atoms with E-state index in [0.717, 1.165) is 0 Å². The van der Waals surface area contributed by atoms with E-state index in [1.54, 1.807) is 13.8 Å². The Morgan fingerprint density at radius 2 is 2.00 bits per heavy atom. The van der Waals surface area contributed by atoms with Crippen LogP contribution in [-0.4, -0.2) is 39.5 Å². The minimum absolute atomic E-state index is 0.0549. The summed E-state index contributed by atoms with van der Waals surface area (Å²) in [6.07, 6.45) is -0.0549. The number of carboxylic acids is 1. The molecular weight excluding hydrogens is 192 g/mol. The molecule has 13 heavy (non-hydrogen) atoms. The van der Waals surface area contributed by atoms with Crippen molar-refractivity contribution in [2.45, 2.75) is 30.8 Å². The van der Waals surface area contributed by atoms with E-state index in [2.05, 4.69) is 0 Å². The molecule has 0 aromatic carbocycles. The highest BCUT2D eigenvalue weighted by Gasteiger charge is 2.20. The summed E-state index contributed by atoms with van der Waals surface area (Å²) >= 11 is 0. The summed E-state index contributed by atoms with van der Waals surface area (Å²) < 4.78 is 16.4. The standard InChI is InChI=1S/C8H16O4S/c1-6(4-8(9)10)13(11)7(2)5-12-3/h6-7H,4-5H2,1-3H3,(H,9,10). The lowest BCUT2D eigenvalue weighted by atomic mass is 10.3. The fraction of sp³-hybridized carbons (Fsp3) is 0.875. The zero-order valence-electron chi connectivity index (χ0n) is 8.15. The first-order valence-electron chi connectivity index (χ1n) is 4.09. The van der Waals surface area contributed by atoms with Crippen LogP contribution in [0.3, 0.4) is 0 Å². The van der Waals surface area contributed by atoms with Crippen molar-refractivity contribution in [2.75, 3.05) is 13.7 Å². The van der Waals surface area contributed by atoms with Crippen molar-refractivity contribution in [1.29, 1.82) is 0 Å². The van der Waals surface area contributed by atoms with E-state index in [9.17, 15) is 9.00 Å². The molecule has 0 aliphatic heterocycles. The van der Waals surface area contributed by atoms with E-state index in [1.807, 2.05) is 0 Å². The molecule has 0 aromatic rings. The van der Waals surface area contributed by atoms with Crippen LogP contribution in [0.25, 0.3) is 0 Å². The van der Waals surface area contributed by atoms with Crippen LogP contribution in [0.15, 0.2) is 0 Å². The normalized spacial score (nSPS) is 17.8. The van der Waals surface area contributed by atoms with Gasteiger partial charge in [-0.05, 0) is 6.92 Å². The molecule has 0 aliphatic carbocycles. The lowest BCUT2D eigenvalue weighted by Gasteiger charge is -2.14. The van der Waals surface area contributed by atoms with E-state index in [1.165, 1.54) is 7.11 Å². The van der Waals surface area contributed by atoms with Gasteiger partial charge in [0, 0.05) is 23.2 Å². The zero-order chi connectivity index (χ0) is 10.4. The summed E-state index contributed by atoms with van der Waals surface area (Å²) in [5.41, 5.74) is 0. The van der Waals surface area contributed by atoms with Crippen LogP contribution in [0.1, 0.15) is 20.3 Å². The molecule has 3 unspecified atom stereocenters. The second kappa shape index (κ2) is 6.10. The summed E-state index contributed by atoms with van der Waals surface area (Å²) in [5, 5.41) is 8.05. The molecule has 0 saturated carbocycles. The molecule has 0 aliphatic rings. The van der Waals surface area contributed by atoms with Gasteiger partial charge in [-0.25, -0.2) is 0 Å². The van der Waals surface area contributed by atoms with Crippen molar-refractivity contribution in [3.8, 4) is 0 Å². The number of aliphatic carboxylic acids is 1. The Morgan fingerprint density at radius 3 is 2.38 bits per heavy atom. The number of methoxy groups -OCH3 is 1. The third kappa shape index (κ3) is 5.00. The van der Waals surface area contributed by atoms with E-state index < -0.39 is 16.8 Å². The molecular formula is C8H16O4S. The van der Waals surface area contributed by atoms with Gasteiger partial charge in [0.2, 0.25) is 0 Å². The molecule has 0 bridgehead atoms. The quantitative estimate of drug-likeness (QED) is 0.695. The summed E-state index contributed by atoms with van der Waals surface area (Å²) in [6, 6.07) is 0. The molecule has 0 fully saturated rings. The van der Waals surface area contributed by atoms with Crippen molar-refractivity contribution in [1.82, 2.24) is 0 Å². The minimum Gasteiger partial charge on any atom is -0.481 e. The number of rotatable bonds is 6. The summed E-state index contributed by atoms with van der Waals surface area (Å²) in [6.45, 7) is 3.87. The molecule has 0 saturated heterocycles. The van der Waals surface area contributed by atoms with Gasteiger partial charge in [-0.3, -0.25) is 9.00 Å². The Balaban J connectivity index is 4.01. The molecule has 3 atom stereocenters. The van der Waals surface area contributed by atoms with Crippen molar-refractivity contribution < 1.29 is 18.8 Å². The molecule has 0 rings (SSSR count). The number of carboxylic acid groups (broad SMARTS) is 1. The van der Waals surface area contributed by atoms with Crippen LogP contribution in [0.5, 0.6) is 0 Å². The van der Waals surface area contributed by atoms with Crippen molar-refractivity contribution in [3.63, 3.8) is 0 Å². The first-order chi connectivity index (χ1) is 5.99. The zero-order valence-corrected chi connectivity index (χ0v) is 8.97. The Hall–Kier alpha value is -0.420. The number of carbonyl (C=O) groups is 1. The van der Waals surface area contributed by atoms with Gasteiger partial charge >= 0.3 is 5.97 Å². The van der Waals surface area contributed by atoms with Gasteiger partial charge in [0.1, 0.15) is 0 Å². The third-order valence-electron chi connectivity index (χ3n) is 1.66. The topological polar surface area (TPSA) is 63.6 Å². The molecule has 0 aromatic heterocycles. The summed E-state index contributed by atoms with van der Waals surface area (Å²) in [4.78, 5) is 10.3. The lowest BCUT2D eigenvalue weighted by Crippen LogP contribution is -2.27. The fourth-order valence-electron chi connectivity index (χ4n) is 1.03. The third-order valence-corrected chi connectivity index (χ3v) is 3.55. The Morgan fingerprint density at radius 1 is 1.46 bits per heavy atom. The highest BCUT2D eigenvalue weighted by atomic mass is 32.2. The predicted molar refractivity (Wildman–Crippen MR) is 51.2 cm³/mol. The fourth-order valence-corrected chi connectivity index (χ4v) is 2.40. The molecule has 5 heteroatoms. The second-order valence-electron chi connectivity index (χ2n) is 3.00. The molecule has 4 nitrogen and oxygen atoms in total. The lowest BCUT2D eigenvalue weighted by molar-refractivity contribution is -0.136. The maximum atomic E-state index is 11.5. The van der Waals surface area contributed by atoms with E-state index >= 15 is 0 Å². The highest BCUT2D eigenvalue weighted by molar-refractivity contribution is 7.86. The van der Waals surface area contributed by atoms with Gasteiger partial charge in [-0.1, -0.05) is 6.92 Å². The van der Waals surface area contributed by atoms with Gasteiger partial charge in [-0.2, -0.15) is 0 Å². The number of hydrogen-bond acceptors (Lipinski definition) is 3. The number of hydrogen-bond donors (Lipinski definition) is 1. The molecule has 78 valence electrons. The molecule has 1 N–H and O–H groups in total. The monoisotopic (exact) mass is 208 g/mol. The Labute approximate surface area is 80.7 Å². The van der Waals surface area contributed by atoms with Crippen molar-refractivity contribution in [3.05, 3.63) is 0 Å². The Kier molecular flexibility index (Phi) is 5.90. The van der Waals surface area contributed by atoms with Crippen molar-refractivity contribution >= 4 is 16.8 Å².